The summed E-state index contributed by atoms with van der Waals surface area (Å²) < 4.78 is 40.6. The molecule has 2 aromatic carbocycles. The summed E-state index contributed by atoms with van der Waals surface area (Å²) in [5, 5.41) is 17.0. The Morgan fingerprint density at radius 3 is 2.70 bits per heavy atom. The van der Waals surface area contributed by atoms with Gasteiger partial charge in [-0.25, -0.2) is 14.6 Å². The minimum absolute atomic E-state index is 0.0266. The number of nitrogen functional groups attached to an aromatic ring is 1. The van der Waals surface area contributed by atoms with Gasteiger partial charge in [0.05, 0.1) is 10.9 Å². The third-order valence-electron chi connectivity index (χ3n) is 5.62. The molecule has 2 aromatic heterocycles. The maximum atomic E-state index is 13.0. The second kappa shape index (κ2) is 10.3. The van der Waals surface area contributed by atoms with E-state index in [-0.39, 0.29) is 23.9 Å². The Bertz CT molecular complexity index is 1540. The number of nitrogens with zero attached hydrogens (tertiary/aromatic N) is 4. The molecule has 0 fully saturated rings. The average Bonchev–Trinajstić information content (AvgIpc) is 3.22. The number of benzene rings is 2. The van der Waals surface area contributed by atoms with E-state index in [9.17, 15) is 23.1 Å². The van der Waals surface area contributed by atoms with Crippen LogP contribution in [0.3, 0.4) is 0 Å². The van der Waals surface area contributed by atoms with E-state index < -0.39 is 17.6 Å². The second-order valence-electron chi connectivity index (χ2n) is 8.59. The van der Waals surface area contributed by atoms with E-state index in [1.54, 1.807) is 22.9 Å². The predicted octanol–water partition coefficient (Wildman–Crippen LogP) is 4.02. The van der Waals surface area contributed by atoms with Gasteiger partial charge in [0.15, 0.2) is 5.65 Å². The molecule has 4 rings (SSSR count). The summed E-state index contributed by atoms with van der Waals surface area (Å²) in [6, 6.07) is 9.20. The number of rotatable bonds is 5. The lowest BCUT2D eigenvalue weighted by Crippen LogP contribution is -2.14. The number of hydrogen-bond donors (Lipinski definition) is 3. The summed E-state index contributed by atoms with van der Waals surface area (Å²) in [6.45, 7) is 4.08. The van der Waals surface area contributed by atoms with Crippen molar-refractivity contribution in [3.8, 4) is 11.8 Å². The number of alkyl halides is 3. The first kappa shape index (κ1) is 25.7. The number of nitrogens with one attached hydrogen (secondary N) is 1. The number of amides is 1. The van der Waals surface area contributed by atoms with Gasteiger partial charge >= 0.3 is 6.18 Å². The maximum absolute atomic E-state index is 13.0. The van der Waals surface area contributed by atoms with Crippen LogP contribution in [0.25, 0.3) is 11.0 Å². The number of anilines is 2. The highest BCUT2D eigenvalue weighted by Gasteiger charge is 2.30. The summed E-state index contributed by atoms with van der Waals surface area (Å²) in [6.07, 6.45) is -3.22. The fourth-order valence-corrected chi connectivity index (χ4v) is 3.60. The van der Waals surface area contributed by atoms with Crippen LogP contribution in [0.4, 0.5) is 24.7 Å². The van der Waals surface area contributed by atoms with Crippen molar-refractivity contribution < 1.29 is 23.1 Å². The number of aliphatic hydroxyl groups is 1. The summed E-state index contributed by atoms with van der Waals surface area (Å²) in [5.74, 6) is 5.49. The van der Waals surface area contributed by atoms with Crippen LogP contribution in [0, 0.1) is 24.7 Å². The van der Waals surface area contributed by atoms with Crippen LogP contribution in [0.15, 0.2) is 48.8 Å². The standard InChI is InChI=1S/C26H23F3N6O2/c1-15(13-36)12-35-24-22(23(30)31-14-32-24)21(34-35)9-7-17-11-20(8-6-16(17)2)33-25(37)18-4-3-5-19(10-18)26(27,28)29/h3-6,8,10-11,14-15,36H,12-13H2,1-2H3,(H,33,37)(H2,30,31,32)/t15-/m0/s1. The summed E-state index contributed by atoms with van der Waals surface area (Å²) in [4.78, 5) is 20.9. The summed E-state index contributed by atoms with van der Waals surface area (Å²) >= 11 is 0. The highest BCUT2D eigenvalue weighted by Crippen LogP contribution is 2.30. The average molecular weight is 509 g/mol. The molecule has 8 nitrogen and oxygen atoms in total. The third kappa shape index (κ3) is 5.70. The monoisotopic (exact) mass is 508 g/mol. The Hall–Kier alpha value is -4.43. The first-order valence-corrected chi connectivity index (χ1v) is 11.3. The van der Waals surface area contributed by atoms with E-state index in [1.165, 1.54) is 18.5 Å². The number of nitrogens with two attached hydrogens (primary N) is 1. The van der Waals surface area contributed by atoms with Crippen molar-refractivity contribution in [2.75, 3.05) is 17.7 Å². The highest BCUT2D eigenvalue weighted by atomic mass is 19.4. The zero-order valence-electron chi connectivity index (χ0n) is 20.0. The highest BCUT2D eigenvalue weighted by molar-refractivity contribution is 6.04. The molecule has 4 N–H and O–H groups in total. The van der Waals surface area contributed by atoms with Crippen molar-refractivity contribution in [2.24, 2.45) is 5.92 Å². The van der Waals surface area contributed by atoms with Gasteiger partial charge in [-0.05, 0) is 54.7 Å². The van der Waals surface area contributed by atoms with Crippen LogP contribution < -0.4 is 11.1 Å². The van der Waals surface area contributed by atoms with Crippen molar-refractivity contribution >= 4 is 28.4 Å². The van der Waals surface area contributed by atoms with Gasteiger partial charge in [0.2, 0.25) is 0 Å². The number of aromatic nitrogens is 4. The molecule has 0 spiro atoms. The maximum Gasteiger partial charge on any atom is 0.416 e. The molecule has 0 unspecified atom stereocenters. The SMILES string of the molecule is Cc1ccc(NC(=O)c2cccc(C(F)(F)F)c2)cc1C#Cc1nn(C[C@H](C)CO)c2ncnc(N)c12. The Morgan fingerprint density at radius 2 is 1.97 bits per heavy atom. The van der Waals surface area contributed by atoms with Crippen molar-refractivity contribution in [1.29, 1.82) is 0 Å². The van der Waals surface area contributed by atoms with Crippen molar-refractivity contribution in [1.82, 2.24) is 19.7 Å². The molecule has 1 atom stereocenters. The largest absolute Gasteiger partial charge is 0.416 e. The van der Waals surface area contributed by atoms with E-state index >= 15 is 0 Å². The minimum Gasteiger partial charge on any atom is -0.396 e. The number of hydrogen-bond acceptors (Lipinski definition) is 6. The Balaban J connectivity index is 1.64. The molecule has 4 aromatic rings. The number of fused-ring (bicyclic) bond motifs is 1. The van der Waals surface area contributed by atoms with E-state index in [2.05, 4.69) is 32.2 Å². The van der Waals surface area contributed by atoms with Gasteiger partial charge in [0, 0.05) is 30.0 Å². The number of aliphatic hydroxyl groups excluding tert-OH is 1. The molecule has 190 valence electrons. The van der Waals surface area contributed by atoms with E-state index in [0.29, 0.717) is 34.5 Å². The lowest BCUT2D eigenvalue weighted by Gasteiger charge is -2.10. The summed E-state index contributed by atoms with van der Waals surface area (Å²) in [7, 11) is 0. The number of aryl methyl sites for hydroxylation is 1. The molecule has 11 heteroatoms. The van der Waals surface area contributed by atoms with Gasteiger partial charge in [-0.1, -0.05) is 25.0 Å². The van der Waals surface area contributed by atoms with Gasteiger partial charge in [-0.2, -0.15) is 18.3 Å². The van der Waals surface area contributed by atoms with Crippen molar-refractivity contribution in [3.05, 3.63) is 76.7 Å². The topological polar surface area (TPSA) is 119 Å². The molecule has 0 aliphatic carbocycles. The number of carbonyl (C=O) groups is 1. The summed E-state index contributed by atoms with van der Waals surface area (Å²) in [5.41, 5.74) is 7.65. The fraction of sp³-hybridized carbons (Fsp3) is 0.231. The van der Waals surface area contributed by atoms with E-state index in [4.69, 9.17) is 5.73 Å². The molecule has 0 bridgehead atoms. The number of halogens is 3. The molecule has 0 aliphatic heterocycles. The van der Waals surface area contributed by atoms with Crippen molar-refractivity contribution in [2.45, 2.75) is 26.6 Å². The van der Waals surface area contributed by atoms with E-state index in [1.807, 2.05) is 13.8 Å². The first-order valence-electron chi connectivity index (χ1n) is 11.3. The van der Waals surface area contributed by atoms with Gasteiger partial charge in [0.1, 0.15) is 17.8 Å². The fourth-order valence-electron chi connectivity index (χ4n) is 3.60. The van der Waals surface area contributed by atoms with Crippen LogP contribution in [0.1, 0.15) is 39.7 Å². The minimum atomic E-state index is -4.55. The first-order chi connectivity index (χ1) is 17.6. The zero-order chi connectivity index (χ0) is 26.7. The molecule has 0 saturated heterocycles. The molecule has 2 heterocycles. The number of carbonyl (C=O) groups excluding carboxylic acids is 1. The van der Waals surface area contributed by atoms with E-state index in [0.717, 1.165) is 17.7 Å². The molecule has 0 saturated carbocycles. The molecule has 37 heavy (non-hydrogen) atoms. The lowest BCUT2D eigenvalue weighted by molar-refractivity contribution is -0.137. The molecule has 1 amide bonds. The normalized spacial score (nSPS) is 12.2. The van der Waals surface area contributed by atoms with Gasteiger partial charge in [0.25, 0.3) is 5.91 Å². The zero-order valence-corrected chi connectivity index (χ0v) is 20.0. The van der Waals surface area contributed by atoms with Crippen LogP contribution in [0.2, 0.25) is 0 Å². The van der Waals surface area contributed by atoms with Crippen LogP contribution in [0.5, 0.6) is 0 Å². The Kier molecular flexibility index (Phi) is 7.13. The van der Waals surface area contributed by atoms with Gasteiger partial charge in [-0.3, -0.25) is 4.79 Å². The molecule has 0 aliphatic rings. The van der Waals surface area contributed by atoms with Crippen LogP contribution in [-0.2, 0) is 12.7 Å². The van der Waals surface area contributed by atoms with Gasteiger partial charge < -0.3 is 16.2 Å². The quantitative estimate of drug-likeness (QED) is 0.351. The Morgan fingerprint density at radius 1 is 1.19 bits per heavy atom. The van der Waals surface area contributed by atoms with Crippen LogP contribution in [-0.4, -0.2) is 37.4 Å². The molecular weight excluding hydrogens is 485 g/mol. The van der Waals surface area contributed by atoms with Crippen molar-refractivity contribution in [3.63, 3.8) is 0 Å². The third-order valence-corrected chi connectivity index (χ3v) is 5.62. The van der Waals surface area contributed by atoms with Gasteiger partial charge in [-0.15, -0.1) is 0 Å². The molecular formula is C26H23F3N6O2. The predicted molar refractivity (Wildman–Crippen MR) is 133 cm³/mol. The lowest BCUT2D eigenvalue weighted by atomic mass is 10.1. The molecule has 0 radical (unpaired) electrons. The van der Waals surface area contributed by atoms with Crippen LogP contribution >= 0.6 is 0 Å². The smallest absolute Gasteiger partial charge is 0.396 e. The second-order valence-corrected chi connectivity index (χ2v) is 8.59. The Labute approximate surface area is 210 Å².